The molecule has 0 bridgehead atoms. The Hall–Kier alpha value is -4.37. The third-order valence-electron chi connectivity index (χ3n) is 6.81. The SMILES string of the molecule is CCOc1ccc2nc(N3C(=O)C(=O)C(=C(O)c4ccc(OC)cc4)C3c3cccc(OCCC(C)C)c3)sc2c1. The van der Waals surface area contributed by atoms with E-state index in [1.165, 1.54) is 16.2 Å². The molecule has 1 fully saturated rings. The number of Topliss-reactive ketones (excluding diaryl/α,β-unsaturated/α-hetero) is 1. The molecule has 1 saturated heterocycles. The van der Waals surface area contributed by atoms with Gasteiger partial charge in [0.25, 0.3) is 5.78 Å². The van der Waals surface area contributed by atoms with E-state index in [9.17, 15) is 14.7 Å². The van der Waals surface area contributed by atoms with Crippen LogP contribution in [0.15, 0.2) is 72.3 Å². The van der Waals surface area contributed by atoms with E-state index in [1.54, 1.807) is 31.4 Å². The number of carbonyl (C=O) groups is 2. The maximum atomic E-state index is 13.6. The Morgan fingerprint density at radius 3 is 2.44 bits per heavy atom. The normalized spacial score (nSPS) is 16.5. The van der Waals surface area contributed by atoms with Crippen molar-refractivity contribution < 1.29 is 28.9 Å². The third-order valence-corrected chi connectivity index (χ3v) is 7.83. The van der Waals surface area contributed by atoms with Crippen molar-refractivity contribution in [2.45, 2.75) is 33.2 Å². The van der Waals surface area contributed by atoms with Gasteiger partial charge in [-0.2, -0.15) is 0 Å². The topological polar surface area (TPSA) is 98.2 Å². The molecule has 1 aliphatic heterocycles. The Kier molecular flexibility index (Phi) is 8.26. The molecular weight excluding hydrogens is 540 g/mol. The van der Waals surface area contributed by atoms with E-state index in [0.29, 0.717) is 58.2 Å². The van der Waals surface area contributed by atoms with Crippen LogP contribution in [0.1, 0.15) is 44.4 Å². The van der Waals surface area contributed by atoms with E-state index in [-0.39, 0.29) is 11.3 Å². The molecule has 3 aromatic carbocycles. The summed E-state index contributed by atoms with van der Waals surface area (Å²) in [5, 5.41) is 11.8. The third kappa shape index (κ3) is 5.76. The molecule has 8 nitrogen and oxygen atoms in total. The minimum absolute atomic E-state index is 0.0197. The summed E-state index contributed by atoms with van der Waals surface area (Å²) in [4.78, 5) is 33.3. The van der Waals surface area contributed by atoms with Gasteiger partial charge in [-0.3, -0.25) is 14.5 Å². The number of aliphatic hydroxyl groups excluding tert-OH is 1. The molecule has 1 N–H and O–H groups in total. The zero-order valence-electron chi connectivity index (χ0n) is 23.4. The number of ether oxygens (including phenoxy) is 3. The second-order valence-corrected chi connectivity index (χ2v) is 11.1. The van der Waals surface area contributed by atoms with E-state index in [2.05, 4.69) is 13.8 Å². The summed E-state index contributed by atoms with van der Waals surface area (Å²) in [5.74, 6) is 0.569. The molecule has 212 valence electrons. The average molecular weight is 573 g/mol. The summed E-state index contributed by atoms with van der Waals surface area (Å²) < 4.78 is 17.7. The molecular formula is C32H32N2O6S. The van der Waals surface area contributed by atoms with Crippen molar-refractivity contribution in [1.29, 1.82) is 0 Å². The number of aliphatic hydroxyl groups is 1. The Morgan fingerprint density at radius 1 is 1.00 bits per heavy atom. The Morgan fingerprint density at radius 2 is 1.73 bits per heavy atom. The van der Waals surface area contributed by atoms with Crippen LogP contribution in [0.25, 0.3) is 16.0 Å². The fraction of sp³-hybridized carbons (Fsp3) is 0.281. The molecule has 1 aliphatic rings. The quantitative estimate of drug-likeness (QED) is 0.127. The highest BCUT2D eigenvalue weighted by Gasteiger charge is 2.48. The Balaban J connectivity index is 1.63. The maximum absolute atomic E-state index is 13.6. The lowest BCUT2D eigenvalue weighted by atomic mass is 9.95. The zero-order valence-corrected chi connectivity index (χ0v) is 24.2. The second-order valence-electron chi connectivity index (χ2n) is 10.1. The predicted octanol–water partition coefficient (Wildman–Crippen LogP) is 6.75. The second kappa shape index (κ2) is 12.0. The summed E-state index contributed by atoms with van der Waals surface area (Å²) in [7, 11) is 1.55. The zero-order chi connectivity index (χ0) is 29.1. The van der Waals surface area contributed by atoms with Crippen LogP contribution in [-0.2, 0) is 9.59 Å². The van der Waals surface area contributed by atoms with Gasteiger partial charge in [-0.15, -0.1) is 0 Å². The van der Waals surface area contributed by atoms with E-state index in [1.807, 2.05) is 49.4 Å². The number of benzene rings is 3. The van der Waals surface area contributed by atoms with Crippen LogP contribution >= 0.6 is 11.3 Å². The first-order valence-corrected chi connectivity index (χ1v) is 14.3. The number of hydrogen-bond acceptors (Lipinski definition) is 8. The molecule has 0 spiro atoms. The van der Waals surface area contributed by atoms with Crippen LogP contribution in [0.5, 0.6) is 17.2 Å². The number of nitrogens with zero attached hydrogens (tertiary/aromatic N) is 2. The molecule has 41 heavy (non-hydrogen) atoms. The number of ketones is 1. The van der Waals surface area contributed by atoms with Gasteiger partial charge >= 0.3 is 5.91 Å². The molecule has 0 aliphatic carbocycles. The Bertz CT molecular complexity index is 1610. The van der Waals surface area contributed by atoms with Gasteiger partial charge in [0.1, 0.15) is 23.0 Å². The Labute approximate surface area is 242 Å². The van der Waals surface area contributed by atoms with Crippen LogP contribution in [0.4, 0.5) is 5.13 Å². The minimum Gasteiger partial charge on any atom is -0.507 e. The van der Waals surface area contributed by atoms with Gasteiger partial charge in [-0.05, 0) is 79.4 Å². The smallest absolute Gasteiger partial charge is 0.301 e. The standard InChI is InChI=1S/C32H32N2O6S/c1-5-39-24-13-14-25-26(18-24)41-32(33-25)34-28(21-7-6-8-23(17-21)40-16-15-19(2)3)27(30(36)31(34)37)29(35)20-9-11-22(38-4)12-10-20/h6-14,17-19,28,35H,5,15-16H2,1-4H3. The van der Waals surface area contributed by atoms with E-state index in [0.717, 1.165) is 11.1 Å². The highest BCUT2D eigenvalue weighted by molar-refractivity contribution is 7.22. The first-order valence-electron chi connectivity index (χ1n) is 13.5. The van der Waals surface area contributed by atoms with Gasteiger partial charge < -0.3 is 19.3 Å². The molecule has 1 unspecified atom stereocenters. The number of anilines is 1. The summed E-state index contributed by atoms with van der Waals surface area (Å²) in [6.07, 6.45) is 0.885. The number of rotatable bonds is 10. The van der Waals surface area contributed by atoms with Gasteiger partial charge in [0, 0.05) is 5.56 Å². The van der Waals surface area contributed by atoms with Gasteiger partial charge in [0.05, 0.1) is 42.2 Å². The molecule has 4 aromatic rings. The number of thiazole rings is 1. The highest BCUT2D eigenvalue weighted by atomic mass is 32.1. The summed E-state index contributed by atoms with van der Waals surface area (Å²) in [5.41, 5.74) is 1.67. The van der Waals surface area contributed by atoms with Gasteiger partial charge in [0.2, 0.25) is 0 Å². The summed E-state index contributed by atoms with van der Waals surface area (Å²) in [6.45, 7) is 7.22. The van der Waals surface area contributed by atoms with Gasteiger partial charge in [-0.1, -0.05) is 37.3 Å². The van der Waals surface area contributed by atoms with Crippen LogP contribution in [0, 0.1) is 5.92 Å². The van der Waals surface area contributed by atoms with Gasteiger partial charge in [-0.25, -0.2) is 4.98 Å². The molecule has 5 rings (SSSR count). The lowest BCUT2D eigenvalue weighted by Gasteiger charge is -2.23. The van der Waals surface area contributed by atoms with Crippen molar-refractivity contribution >= 4 is 44.1 Å². The van der Waals surface area contributed by atoms with Crippen molar-refractivity contribution in [3.8, 4) is 17.2 Å². The first-order chi connectivity index (χ1) is 19.8. The van der Waals surface area contributed by atoms with E-state index >= 15 is 0 Å². The van der Waals surface area contributed by atoms with Crippen molar-refractivity contribution in [2.75, 3.05) is 25.2 Å². The molecule has 0 saturated carbocycles. The average Bonchev–Trinajstić information content (AvgIpc) is 3.50. The van der Waals surface area contributed by atoms with Crippen molar-refractivity contribution in [3.63, 3.8) is 0 Å². The number of amides is 1. The van der Waals surface area contributed by atoms with E-state index in [4.69, 9.17) is 19.2 Å². The first kappa shape index (κ1) is 28.2. The number of carbonyl (C=O) groups excluding carboxylic acids is 2. The molecule has 2 heterocycles. The fourth-order valence-electron chi connectivity index (χ4n) is 4.69. The molecule has 1 amide bonds. The maximum Gasteiger partial charge on any atom is 0.301 e. The minimum atomic E-state index is -0.919. The van der Waals surface area contributed by atoms with Crippen molar-refractivity contribution in [1.82, 2.24) is 4.98 Å². The van der Waals surface area contributed by atoms with Gasteiger partial charge in [0.15, 0.2) is 5.13 Å². The lowest BCUT2D eigenvalue weighted by Crippen LogP contribution is -2.29. The van der Waals surface area contributed by atoms with Crippen LogP contribution < -0.4 is 19.1 Å². The fourth-order valence-corrected chi connectivity index (χ4v) is 5.71. The molecule has 0 radical (unpaired) electrons. The number of hydrogen-bond donors (Lipinski definition) is 1. The van der Waals surface area contributed by atoms with E-state index < -0.39 is 17.7 Å². The predicted molar refractivity (Wildman–Crippen MR) is 160 cm³/mol. The van der Waals surface area contributed by atoms with Crippen LogP contribution in [-0.4, -0.2) is 42.1 Å². The lowest BCUT2D eigenvalue weighted by molar-refractivity contribution is -0.132. The van der Waals surface area contributed by atoms with Crippen LogP contribution in [0.3, 0.4) is 0 Å². The summed E-state index contributed by atoms with van der Waals surface area (Å²) in [6, 6.07) is 18.6. The van der Waals surface area contributed by atoms with Crippen molar-refractivity contribution in [3.05, 3.63) is 83.4 Å². The largest absolute Gasteiger partial charge is 0.507 e. The number of aromatic nitrogens is 1. The molecule has 1 aromatic heterocycles. The van der Waals surface area contributed by atoms with Crippen LogP contribution in [0.2, 0.25) is 0 Å². The van der Waals surface area contributed by atoms with Crippen molar-refractivity contribution in [2.24, 2.45) is 5.92 Å². The summed E-state index contributed by atoms with van der Waals surface area (Å²) >= 11 is 1.28. The monoisotopic (exact) mass is 572 g/mol. The molecule has 9 heteroatoms. The highest BCUT2D eigenvalue weighted by Crippen LogP contribution is 2.45. The number of methoxy groups -OCH3 is 1. The molecule has 1 atom stereocenters. The number of fused-ring (bicyclic) bond motifs is 1.